The van der Waals surface area contributed by atoms with Crippen molar-refractivity contribution in [3.63, 3.8) is 0 Å². The Balaban J connectivity index is 1.63. The van der Waals surface area contributed by atoms with E-state index in [-0.39, 0.29) is 22.2 Å². The van der Waals surface area contributed by atoms with Gasteiger partial charge in [-0.2, -0.15) is 18.3 Å². The highest BCUT2D eigenvalue weighted by Crippen LogP contribution is 2.41. The minimum atomic E-state index is -4.84. The summed E-state index contributed by atoms with van der Waals surface area (Å²) in [5.41, 5.74) is -1.44. The van der Waals surface area contributed by atoms with Crippen LogP contribution in [0.4, 0.5) is 18.2 Å². The summed E-state index contributed by atoms with van der Waals surface area (Å²) in [6.07, 6.45) is -1.13. The van der Waals surface area contributed by atoms with Crippen molar-refractivity contribution in [1.82, 2.24) is 9.78 Å². The first-order valence-electron chi connectivity index (χ1n) is 10.3. The van der Waals surface area contributed by atoms with Crippen LogP contribution < -0.4 is 10.9 Å². The van der Waals surface area contributed by atoms with Gasteiger partial charge in [-0.05, 0) is 49.7 Å². The molecule has 2 aliphatic carbocycles. The molecule has 4 rings (SSSR count). The number of halogens is 3. The number of nitrogens with one attached hydrogen (secondary N) is 1. The zero-order valence-corrected chi connectivity index (χ0v) is 18.4. The number of hydrogen-bond acceptors (Lipinski definition) is 6. The summed E-state index contributed by atoms with van der Waals surface area (Å²) in [7, 11) is 1.25. The average Bonchev–Trinajstić information content (AvgIpc) is 3.50. The second-order valence-electron chi connectivity index (χ2n) is 8.31. The molecule has 2 heterocycles. The van der Waals surface area contributed by atoms with Gasteiger partial charge in [0.25, 0.3) is 5.56 Å². The molecule has 7 nitrogen and oxygen atoms in total. The third-order valence-corrected chi connectivity index (χ3v) is 6.91. The first kappa shape index (κ1) is 22.5. The van der Waals surface area contributed by atoms with Crippen LogP contribution in [0.25, 0.3) is 0 Å². The van der Waals surface area contributed by atoms with E-state index in [1.54, 1.807) is 0 Å². The molecule has 32 heavy (non-hydrogen) atoms. The van der Waals surface area contributed by atoms with Crippen LogP contribution in [0.5, 0.6) is 0 Å². The number of alkyl halides is 3. The highest BCUT2D eigenvalue weighted by molar-refractivity contribution is 7.17. The lowest BCUT2D eigenvalue weighted by molar-refractivity contribution is -0.139. The number of anilines is 1. The Bertz CT molecular complexity index is 1130. The molecule has 1 N–H and O–H groups in total. The molecule has 1 unspecified atom stereocenters. The lowest BCUT2D eigenvalue weighted by atomic mass is 9.88. The molecule has 1 fully saturated rings. The Morgan fingerprint density at radius 2 is 2.03 bits per heavy atom. The molecule has 1 amide bonds. The zero-order chi connectivity index (χ0) is 23.2. The van der Waals surface area contributed by atoms with E-state index < -0.39 is 35.7 Å². The number of carbonyl (C=O) groups is 2. The molecule has 2 aromatic rings. The van der Waals surface area contributed by atoms with Crippen LogP contribution in [-0.2, 0) is 35.1 Å². The fraction of sp³-hybridized carbons (Fsp3) is 0.524. The fourth-order valence-corrected chi connectivity index (χ4v) is 5.33. The van der Waals surface area contributed by atoms with Gasteiger partial charge in [0.1, 0.15) is 17.1 Å². The third kappa shape index (κ3) is 4.43. The Morgan fingerprint density at radius 1 is 1.31 bits per heavy atom. The van der Waals surface area contributed by atoms with Crippen LogP contribution >= 0.6 is 11.3 Å². The summed E-state index contributed by atoms with van der Waals surface area (Å²) in [5.74, 6) is -1.03. The highest BCUT2D eigenvalue weighted by Gasteiger charge is 2.38. The summed E-state index contributed by atoms with van der Waals surface area (Å²) >= 11 is 1.26. The third-order valence-electron chi connectivity index (χ3n) is 5.74. The SMILES string of the molecule is COC(=O)c1c(NC(=O)Cn2nc(C3CC3)cc(C(F)(F)F)c2=O)sc2c1CCC(C)C2. The Kier molecular flexibility index (Phi) is 5.87. The summed E-state index contributed by atoms with van der Waals surface area (Å²) < 4.78 is 45.4. The van der Waals surface area contributed by atoms with Gasteiger partial charge in [-0.3, -0.25) is 9.59 Å². The zero-order valence-electron chi connectivity index (χ0n) is 17.5. The maximum absolute atomic E-state index is 13.3. The van der Waals surface area contributed by atoms with E-state index in [9.17, 15) is 27.6 Å². The first-order chi connectivity index (χ1) is 15.1. The predicted octanol–water partition coefficient (Wildman–Crippen LogP) is 3.75. The first-order valence-corrected chi connectivity index (χ1v) is 11.1. The highest BCUT2D eigenvalue weighted by atomic mass is 32.1. The topological polar surface area (TPSA) is 90.3 Å². The number of esters is 1. The second kappa shape index (κ2) is 8.34. The Morgan fingerprint density at radius 3 is 2.66 bits per heavy atom. The second-order valence-corrected chi connectivity index (χ2v) is 9.42. The van der Waals surface area contributed by atoms with Gasteiger partial charge < -0.3 is 10.1 Å². The van der Waals surface area contributed by atoms with Crippen molar-refractivity contribution in [3.8, 4) is 0 Å². The van der Waals surface area contributed by atoms with Crippen molar-refractivity contribution in [3.05, 3.63) is 43.7 Å². The van der Waals surface area contributed by atoms with Gasteiger partial charge in [-0.25, -0.2) is 9.48 Å². The van der Waals surface area contributed by atoms with Crippen LogP contribution in [0.1, 0.15) is 64.2 Å². The van der Waals surface area contributed by atoms with Crippen molar-refractivity contribution in [1.29, 1.82) is 0 Å². The number of nitrogens with zero attached hydrogens (tertiary/aromatic N) is 2. The van der Waals surface area contributed by atoms with Crippen LogP contribution in [0.15, 0.2) is 10.9 Å². The lowest BCUT2D eigenvalue weighted by Gasteiger charge is -2.18. The van der Waals surface area contributed by atoms with Crippen LogP contribution in [0, 0.1) is 5.92 Å². The number of carbonyl (C=O) groups excluding carboxylic acids is 2. The van der Waals surface area contributed by atoms with Gasteiger partial charge >= 0.3 is 12.1 Å². The van der Waals surface area contributed by atoms with Crippen molar-refractivity contribution in [2.45, 2.75) is 57.7 Å². The van der Waals surface area contributed by atoms with Crippen molar-refractivity contribution in [2.75, 3.05) is 12.4 Å². The largest absolute Gasteiger partial charge is 0.465 e. The van der Waals surface area contributed by atoms with Crippen molar-refractivity contribution >= 4 is 28.2 Å². The minimum Gasteiger partial charge on any atom is -0.465 e. The maximum Gasteiger partial charge on any atom is 0.421 e. The van der Waals surface area contributed by atoms with Gasteiger partial charge in [0.05, 0.1) is 18.4 Å². The maximum atomic E-state index is 13.3. The number of hydrogen-bond donors (Lipinski definition) is 1. The molecule has 0 spiro atoms. The van der Waals surface area contributed by atoms with E-state index in [1.165, 1.54) is 18.4 Å². The van der Waals surface area contributed by atoms with E-state index >= 15 is 0 Å². The Hall–Kier alpha value is -2.69. The molecule has 0 aliphatic heterocycles. The summed E-state index contributed by atoms with van der Waals surface area (Å²) in [6.45, 7) is 1.41. The average molecular weight is 469 g/mol. The fourth-order valence-electron chi connectivity index (χ4n) is 3.91. The molecular formula is C21H22F3N3O4S. The quantitative estimate of drug-likeness (QED) is 0.674. The van der Waals surface area contributed by atoms with Crippen LogP contribution in [-0.4, -0.2) is 28.8 Å². The predicted molar refractivity (Wildman–Crippen MR) is 111 cm³/mol. The number of rotatable bonds is 5. The smallest absolute Gasteiger partial charge is 0.421 e. The number of ether oxygens (including phenoxy) is 1. The van der Waals surface area contributed by atoms with E-state index in [2.05, 4.69) is 17.3 Å². The standard InChI is InChI=1S/C21H22F3N3O4S/c1-10-3-6-12-15(7-10)32-18(17(12)20(30)31-2)25-16(28)9-27-19(29)13(21(22,23)24)8-14(26-27)11-4-5-11/h8,10-11H,3-7,9H2,1-2H3,(H,25,28). The molecule has 1 saturated carbocycles. The van der Waals surface area contributed by atoms with E-state index in [0.29, 0.717) is 29.9 Å². The molecule has 172 valence electrons. The molecule has 0 saturated heterocycles. The normalized spacial score (nSPS) is 18.2. The molecule has 0 aromatic carbocycles. The van der Waals surface area contributed by atoms with E-state index in [4.69, 9.17) is 4.74 Å². The number of fused-ring (bicyclic) bond motifs is 1. The molecule has 0 bridgehead atoms. The molecule has 0 radical (unpaired) electrons. The molecule has 2 aromatic heterocycles. The molecular weight excluding hydrogens is 447 g/mol. The van der Waals surface area contributed by atoms with E-state index in [0.717, 1.165) is 29.3 Å². The lowest BCUT2D eigenvalue weighted by Crippen LogP contribution is -2.35. The van der Waals surface area contributed by atoms with Gasteiger partial charge in [0, 0.05) is 10.8 Å². The van der Waals surface area contributed by atoms with Crippen LogP contribution in [0.2, 0.25) is 0 Å². The van der Waals surface area contributed by atoms with Gasteiger partial charge in [0.2, 0.25) is 5.91 Å². The molecule has 11 heteroatoms. The van der Waals surface area contributed by atoms with Crippen molar-refractivity contribution in [2.24, 2.45) is 5.92 Å². The number of amides is 1. The molecule has 2 aliphatic rings. The Labute approximate surface area is 185 Å². The molecule has 1 atom stereocenters. The van der Waals surface area contributed by atoms with Gasteiger partial charge in [0.15, 0.2) is 0 Å². The minimum absolute atomic E-state index is 0.136. The number of aromatic nitrogens is 2. The van der Waals surface area contributed by atoms with Gasteiger partial charge in [-0.1, -0.05) is 6.92 Å². The van der Waals surface area contributed by atoms with Gasteiger partial charge in [-0.15, -0.1) is 11.3 Å². The number of methoxy groups -OCH3 is 1. The summed E-state index contributed by atoms with van der Waals surface area (Å²) in [4.78, 5) is 38.4. The van der Waals surface area contributed by atoms with E-state index in [1.807, 2.05) is 0 Å². The summed E-state index contributed by atoms with van der Waals surface area (Å²) in [5, 5.41) is 6.87. The number of thiophene rings is 1. The monoisotopic (exact) mass is 469 g/mol. The van der Waals surface area contributed by atoms with Crippen molar-refractivity contribution < 1.29 is 27.5 Å². The summed E-state index contributed by atoms with van der Waals surface area (Å²) in [6, 6.07) is 0.776. The van der Waals surface area contributed by atoms with Crippen LogP contribution in [0.3, 0.4) is 0 Å².